The van der Waals surface area contributed by atoms with Gasteiger partial charge in [0, 0.05) is 17.2 Å². The van der Waals surface area contributed by atoms with Gasteiger partial charge in [-0.05, 0) is 64.8 Å². The van der Waals surface area contributed by atoms with E-state index in [2.05, 4.69) is 89.2 Å². The van der Waals surface area contributed by atoms with E-state index in [1.54, 1.807) is 0 Å². The van der Waals surface area contributed by atoms with E-state index in [0.29, 0.717) is 0 Å². The Morgan fingerprint density at radius 3 is 1.56 bits per heavy atom. The second-order valence-corrected chi connectivity index (χ2v) is 10.8. The Kier molecular flexibility index (Phi) is 18.1. The van der Waals surface area contributed by atoms with Crippen molar-refractivity contribution in [2.24, 2.45) is 0 Å². The minimum atomic E-state index is 0. The summed E-state index contributed by atoms with van der Waals surface area (Å²) in [5.41, 5.74) is 21.1. The van der Waals surface area contributed by atoms with Crippen molar-refractivity contribution in [1.29, 1.82) is 0 Å². The first kappa shape index (κ1) is 36.9. The zero-order valence-electron chi connectivity index (χ0n) is 25.7. The third-order valence-corrected chi connectivity index (χ3v) is 7.04. The van der Waals surface area contributed by atoms with Crippen LogP contribution in [0.1, 0.15) is 111 Å². The molecule has 0 bridgehead atoms. The van der Waals surface area contributed by atoms with E-state index >= 15 is 0 Å². The first-order valence-electron chi connectivity index (χ1n) is 14.2. The third kappa shape index (κ3) is 11.5. The van der Waals surface area contributed by atoms with Crippen molar-refractivity contribution >= 4 is 11.4 Å². The molecule has 0 saturated carbocycles. The minimum Gasteiger partial charge on any atom is -0.493 e. The standard InChI is InChI=1S/C34H46N2.2CH3.Pd/c1-6-7-8-9-10-11-12-13-14-15-16-17-18-30-25-33(31-21-26(2)19-27(3)22-31)36(35)34(30)32-23-28(4)20-29(5)24-32;;;/h17-25H,6-16H2,1-5H3;2*1H3;/q;2*-1;+2. The molecule has 216 valence electrons. The first-order chi connectivity index (χ1) is 17.4. The predicted molar refractivity (Wildman–Crippen MR) is 169 cm³/mol. The molecule has 3 heteroatoms. The smallest absolute Gasteiger partial charge is 0.493 e. The molecular formula is C36H52N2Pd. The molecule has 1 heterocycles. The molecule has 0 N–H and O–H groups in total. The fraction of sp³-hybridized carbons (Fsp3) is 0.444. The Morgan fingerprint density at radius 1 is 0.641 bits per heavy atom. The van der Waals surface area contributed by atoms with E-state index in [9.17, 15) is 5.53 Å². The molecule has 1 aliphatic rings. The predicted octanol–water partition coefficient (Wildman–Crippen LogP) is 11.5. The summed E-state index contributed by atoms with van der Waals surface area (Å²) in [6, 6.07) is 13.0. The molecule has 0 saturated heterocycles. The van der Waals surface area contributed by atoms with Gasteiger partial charge in [-0.25, -0.2) is 4.70 Å². The van der Waals surface area contributed by atoms with Crippen molar-refractivity contribution < 1.29 is 25.1 Å². The van der Waals surface area contributed by atoms with E-state index in [0.717, 1.165) is 34.5 Å². The van der Waals surface area contributed by atoms with Crippen LogP contribution in [0.2, 0.25) is 0 Å². The van der Waals surface area contributed by atoms with Crippen LogP contribution in [0.25, 0.3) is 16.9 Å². The summed E-state index contributed by atoms with van der Waals surface area (Å²) < 4.78 is 1.39. The number of hydrogen-bond donors (Lipinski definition) is 0. The number of rotatable bonds is 14. The number of allylic oxidation sites excluding steroid dienone is 4. The molecule has 0 radical (unpaired) electrons. The maximum absolute atomic E-state index is 11.4. The largest absolute Gasteiger partial charge is 2.00 e. The fourth-order valence-corrected chi connectivity index (χ4v) is 5.34. The summed E-state index contributed by atoms with van der Waals surface area (Å²) in [5, 5.41) is 0. The number of hydrogen-bond acceptors (Lipinski definition) is 0. The van der Waals surface area contributed by atoms with Gasteiger partial charge in [0.25, 0.3) is 0 Å². The Labute approximate surface area is 254 Å². The summed E-state index contributed by atoms with van der Waals surface area (Å²) in [6.07, 6.45) is 21.3. The molecule has 2 nitrogen and oxygen atoms in total. The van der Waals surface area contributed by atoms with Gasteiger partial charge in [-0.15, -0.1) is 0 Å². The van der Waals surface area contributed by atoms with Crippen molar-refractivity contribution in [3.63, 3.8) is 0 Å². The number of unbranched alkanes of at least 4 members (excludes halogenated alkanes) is 10. The summed E-state index contributed by atoms with van der Waals surface area (Å²) in [5.74, 6) is 0. The average Bonchev–Trinajstić information content (AvgIpc) is 3.14. The van der Waals surface area contributed by atoms with Gasteiger partial charge < -0.3 is 20.4 Å². The van der Waals surface area contributed by atoms with Gasteiger partial charge in [-0.1, -0.05) is 111 Å². The fourth-order valence-electron chi connectivity index (χ4n) is 5.34. The number of benzene rings is 2. The Balaban J connectivity index is 0.00000481. The second kappa shape index (κ2) is 19.1. The van der Waals surface area contributed by atoms with E-state index in [1.807, 2.05) is 0 Å². The van der Waals surface area contributed by atoms with Crippen molar-refractivity contribution in [3.8, 4) is 0 Å². The zero-order valence-corrected chi connectivity index (χ0v) is 27.2. The van der Waals surface area contributed by atoms with E-state index in [1.165, 1.54) is 91.2 Å². The number of aryl methyl sites for hydroxylation is 4. The Bertz CT molecular complexity index is 1100. The van der Waals surface area contributed by atoms with Gasteiger partial charge in [0.15, 0.2) is 0 Å². The molecule has 2 aromatic carbocycles. The second-order valence-electron chi connectivity index (χ2n) is 10.8. The molecular weight excluding hydrogens is 567 g/mol. The molecule has 1 aliphatic heterocycles. The maximum atomic E-state index is 11.4. The van der Waals surface area contributed by atoms with Crippen LogP contribution < -0.4 is 0 Å². The Morgan fingerprint density at radius 2 is 1.08 bits per heavy atom. The van der Waals surface area contributed by atoms with Crippen molar-refractivity contribution in [2.45, 2.75) is 105 Å². The number of nitrogens with zero attached hydrogens (tertiary/aromatic N) is 2. The average molecular weight is 619 g/mol. The van der Waals surface area contributed by atoms with Gasteiger partial charge in [0.05, 0.1) is 5.57 Å². The van der Waals surface area contributed by atoms with Gasteiger partial charge >= 0.3 is 20.4 Å². The minimum absolute atomic E-state index is 0. The summed E-state index contributed by atoms with van der Waals surface area (Å²) in [7, 11) is 0. The monoisotopic (exact) mass is 618 g/mol. The van der Waals surface area contributed by atoms with Crippen LogP contribution in [-0.4, -0.2) is 4.70 Å². The van der Waals surface area contributed by atoms with Crippen LogP contribution in [0.4, 0.5) is 0 Å². The molecule has 0 aromatic heterocycles. The van der Waals surface area contributed by atoms with Crippen LogP contribution in [0, 0.1) is 42.5 Å². The van der Waals surface area contributed by atoms with E-state index in [-0.39, 0.29) is 35.3 Å². The van der Waals surface area contributed by atoms with Crippen LogP contribution in [0.15, 0.2) is 60.2 Å². The Hall–Kier alpha value is -2.08. The van der Waals surface area contributed by atoms with Crippen LogP contribution in [0.5, 0.6) is 0 Å². The van der Waals surface area contributed by atoms with Gasteiger partial charge in [-0.3, -0.25) is 0 Å². The molecule has 0 unspecified atom stereocenters. The summed E-state index contributed by atoms with van der Waals surface area (Å²) >= 11 is 0. The molecule has 0 fully saturated rings. The third-order valence-electron chi connectivity index (χ3n) is 7.04. The SMILES string of the molecule is CCCCCCCCCCCCC=CC1=C(c2cc(C)cc(C)c2)[N+](=[N-])C(c2cc(C)cc(C)c2)=C1.[CH3-].[CH3-].[Pd+2]. The normalized spacial score (nSPS) is 12.7. The van der Waals surface area contributed by atoms with Crippen LogP contribution in [0.3, 0.4) is 0 Å². The van der Waals surface area contributed by atoms with Crippen molar-refractivity contribution in [1.82, 2.24) is 0 Å². The van der Waals surface area contributed by atoms with Crippen molar-refractivity contribution in [3.05, 3.63) is 114 Å². The van der Waals surface area contributed by atoms with E-state index in [4.69, 9.17) is 0 Å². The van der Waals surface area contributed by atoms with Gasteiger partial charge in [0.2, 0.25) is 11.4 Å². The van der Waals surface area contributed by atoms with Crippen LogP contribution in [-0.2, 0) is 20.4 Å². The van der Waals surface area contributed by atoms with Crippen LogP contribution >= 0.6 is 0 Å². The molecule has 0 amide bonds. The quantitative estimate of drug-likeness (QED) is 0.0871. The maximum Gasteiger partial charge on any atom is 2.00 e. The molecule has 3 rings (SSSR count). The first-order valence-corrected chi connectivity index (χ1v) is 14.2. The molecule has 0 atom stereocenters. The van der Waals surface area contributed by atoms with Crippen molar-refractivity contribution in [2.75, 3.05) is 0 Å². The molecule has 0 aliphatic carbocycles. The zero-order chi connectivity index (χ0) is 25.9. The van der Waals surface area contributed by atoms with Gasteiger partial charge in [0.1, 0.15) is 0 Å². The topological polar surface area (TPSA) is 25.3 Å². The molecule has 39 heavy (non-hydrogen) atoms. The molecule has 2 aromatic rings. The van der Waals surface area contributed by atoms with E-state index < -0.39 is 0 Å². The summed E-state index contributed by atoms with van der Waals surface area (Å²) in [4.78, 5) is 0. The van der Waals surface area contributed by atoms with Gasteiger partial charge in [-0.2, -0.15) is 0 Å². The molecule has 0 spiro atoms. The summed E-state index contributed by atoms with van der Waals surface area (Å²) in [6.45, 7) is 10.7.